The summed E-state index contributed by atoms with van der Waals surface area (Å²) in [5.41, 5.74) is 1.51. The predicted molar refractivity (Wildman–Crippen MR) is 60.1 cm³/mol. The van der Waals surface area contributed by atoms with Gasteiger partial charge in [0.15, 0.2) is 0 Å². The second-order valence-corrected chi connectivity index (χ2v) is 3.84. The highest BCUT2D eigenvalue weighted by atomic mass is 16.6. The van der Waals surface area contributed by atoms with Crippen LogP contribution in [0.15, 0.2) is 24.4 Å². The number of aromatic hydroxyl groups is 1. The number of nitrogens with one attached hydrogen (secondary N) is 1. The minimum Gasteiger partial charge on any atom is -0.508 e. The summed E-state index contributed by atoms with van der Waals surface area (Å²) in [7, 11) is 0. The average molecular weight is 220 g/mol. The Labute approximate surface area is 91.9 Å². The van der Waals surface area contributed by atoms with Gasteiger partial charge in [-0.1, -0.05) is 0 Å². The van der Waals surface area contributed by atoms with Crippen LogP contribution < -0.4 is 0 Å². The molecule has 2 N–H and O–H groups in total. The minimum absolute atomic E-state index is 0.112. The lowest BCUT2D eigenvalue weighted by molar-refractivity contribution is -0.517. The van der Waals surface area contributed by atoms with E-state index in [1.54, 1.807) is 18.3 Å². The third kappa shape index (κ3) is 1.71. The number of hydrogen-bond donors (Lipinski definition) is 2. The summed E-state index contributed by atoms with van der Waals surface area (Å²) in [6.07, 6.45) is 1.98. The molecule has 0 bridgehead atoms. The van der Waals surface area contributed by atoms with Gasteiger partial charge in [0.25, 0.3) is 0 Å². The molecule has 0 saturated heterocycles. The van der Waals surface area contributed by atoms with Crippen LogP contribution in [0.1, 0.15) is 12.5 Å². The molecule has 0 amide bonds. The number of aromatic nitrogens is 1. The maximum Gasteiger partial charge on any atom is 0.214 e. The van der Waals surface area contributed by atoms with Gasteiger partial charge in [-0.25, -0.2) is 0 Å². The molecule has 0 spiro atoms. The van der Waals surface area contributed by atoms with E-state index < -0.39 is 6.04 Å². The second-order valence-electron chi connectivity index (χ2n) is 3.84. The zero-order chi connectivity index (χ0) is 11.7. The average Bonchev–Trinajstić information content (AvgIpc) is 2.70. The van der Waals surface area contributed by atoms with Crippen LogP contribution in [0.2, 0.25) is 0 Å². The largest absolute Gasteiger partial charge is 0.508 e. The Kier molecular flexibility index (Phi) is 2.52. The van der Waals surface area contributed by atoms with Crippen molar-refractivity contribution in [3.8, 4) is 5.75 Å². The van der Waals surface area contributed by atoms with Crippen LogP contribution in [0, 0.1) is 10.1 Å². The fraction of sp³-hybridized carbons (Fsp3) is 0.273. The Balaban J connectivity index is 2.45. The highest BCUT2D eigenvalue weighted by Crippen LogP contribution is 2.27. The van der Waals surface area contributed by atoms with Gasteiger partial charge in [0, 0.05) is 40.9 Å². The normalized spacial score (nSPS) is 12.8. The lowest BCUT2D eigenvalue weighted by atomic mass is 10.0. The van der Waals surface area contributed by atoms with Crippen molar-refractivity contribution in [1.29, 1.82) is 0 Å². The minimum atomic E-state index is -0.702. The molecule has 0 saturated carbocycles. The molecule has 1 heterocycles. The van der Waals surface area contributed by atoms with Crippen molar-refractivity contribution < 1.29 is 10.0 Å². The van der Waals surface area contributed by atoms with Crippen molar-refractivity contribution in [1.82, 2.24) is 4.98 Å². The van der Waals surface area contributed by atoms with E-state index in [0.717, 1.165) is 10.9 Å². The van der Waals surface area contributed by atoms with Crippen LogP contribution in [0.4, 0.5) is 0 Å². The molecule has 0 aliphatic heterocycles. The number of fused-ring (bicyclic) bond motifs is 1. The highest BCUT2D eigenvalue weighted by Gasteiger charge is 2.18. The first kappa shape index (κ1) is 10.5. The van der Waals surface area contributed by atoms with Gasteiger partial charge in [-0.15, -0.1) is 0 Å². The number of phenols is 1. The maximum absolute atomic E-state index is 10.6. The fourth-order valence-electron chi connectivity index (χ4n) is 1.77. The van der Waals surface area contributed by atoms with E-state index in [9.17, 15) is 15.2 Å². The molecular formula is C11H12N2O3. The zero-order valence-corrected chi connectivity index (χ0v) is 8.80. The van der Waals surface area contributed by atoms with Crippen molar-refractivity contribution in [3.05, 3.63) is 40.1 Å². The molecule has 5 nitrogen and oxygen atoms in total. The van der Waals surface area contributed by atoms with Crippen molar-refractivity contribution >= 4 is 10.9 Å². The van der Waals surface area contributed by atoms with E-state index in [2.05, 4.69) is 4.98 Å². The molecule has 2 aromatic rings. The lowest BCUT2D eigenvalue weighted by Gasteiger charge is -2.07. The summed E-state index contributed by atoms with van der Waals surface area (Å²) in [4.78, 5) is 13.3. The van der Waals surface area contributed by atoms with Gasteiger partial charge < -0.3 is 10.1 Å². The molecule has 0 radical (unpaired) electrons. The first-order chi connectivity index (χ1) is 7.59. The van der Waals surface area contributed by atoms with Crippen LogP contribution in [0.3, 0.4) is 0 Å². The van der Waals surface area contributed by atoms with E-state index in [1.165, 1.54) is 6.92 Å². The first-order valence-electron chi connectivity index (χ1n) is 5.01. The summed E-state index contributed by atoms with van der Waals surface area (Å²) in [6, 6.07) is 4.43. The molecule has 1 atom stereocenters. The summed E-state index contributed by atoms with van der Waals surface area (Å²) in [6.45, 7) is 1.53. The van der Waals surface area contributed by atoms with Gasteiger partial charge in [-0.3, -0.25) is 10.1 Å². The smallest absolute Gasteiger partial charge is 0.214 e. The molecule has 1 unspecified atom stereocenters. The van der Waals surface area contributed by atoms with Crippen LogP contribution in [-0.2, 0) is 6.42 Å². The number of H-pyrrole nitrogens is 1. The summed E-state index contributed by atoms with van der Waals surface area (Å²) >= 11 is 0. The molecule has 16 heavy (non-hydrogen) atoms. The Bertz CT molecular complexity index is 533. The monoisotopic (exact) mass is 220 g/mol. The van der Waals surface area contributed by atoms with Gasteiger partial charge in [0.05, 0.1) is 0 Å². The Morgan fingerprint density at radius 3 is 2.94 bits per heavy atom. The molecule has 0 aliphatic rings. The van der Waals surface area contributed by atoms with Crippen molar-refractivity contribution in [2.75, 3.05) is 0 Å². The molecule has 1 aromatic carbocycles. The summed E-state index contributed by atoms with van der Waals surface area (Å²) in [5, 5.41) is 21.2. The van der Waals surface area contributed by atoms with E-state index in [-0.39, 0.29) is 17.1 Å². The number of nitro groups is 1. The summed E-state index contributed by atoms with van der Waals surface area (Å²) in [5.74, 6) is 0.112. The third-order valence-corrected chi connectivity index (χ3v) is 2.68. The topological polar surface area (TPSA) is 79.2 Å². The fourth-order valence-corrected chi connectivity index (χ4v) is 1.77. The van der Waals surface area contributed by atoms with Gasteiger partial charge in [0.2, 0.25) is 6.04 Å². The van der Waals surface area contributed by atoms with E-state index in [1.807, 2.05) is 6.07 Å². The van der Waals surface area contributed by atoms with Gasteiger partial charge in [-0.2, -0.15) is 0 Å². The second kappa shape index (κ2) is 3.84. The van der Waals surface area contributed by atoms with Crippen LogP contribution in [0.5, 0.6) is 5.75 Å². The summed E-state index contributed by atoms with van der Waals surface area (Å²) < 4.78 is 0. The molecule has 1 aromatic heterocycles. The first-order valence-corrected chi connectivity index (χ1v) is 5.01. The Morgan fingerprint density at radius 2 is 2.25 bits per heavy atom. The van der Waals surface area contributed by atoms with E-state index >= 15 is 0 Å². The predicted octanol–water partition coefficient (Wildman–Crippen LogP) is 2.08. The van der Waals surface area contributed by atoms with Crippen LogP contribution in [0.25, 0.3) is 10.9 Å². The number of hydrogen-bond acceptors (Lipinski definition) is 3. The number of aromatic amines is 1. The standard InChI is InChI=1S/C11H12N2O3/c1-7(13(15)16)6-9-8-4-5-12-10(8)2-3-11(9)14/h2-5,7,12,14H,6H2,1H3. The van der Waals surface area contributed by atoms with E-state index in [0.29, 0.717) is 5.56 Å². The maximum atomic E-state index is 10.6. The van der Waals surface area contributed by atoms with Crippen molar-refractivity contribution in [2.45, 2.75) is 19.4 Å². The number of phenolic OH excluding ortho intramolecular Hbond substituents is 1. The highest BCUT2D eigenvalue weighted by molar-refractivity contribution is 5.85. The molecule has 0 aliphatic carbocycles. The number of rotatable bonds is 3. The third-order valence-electron chi connectivity index (χ3n) is 2.68. The zero-order valence-electron chi connectivity index (χ0n) is 8.80. The number of nitrogens with zero attached hydrogens (tertiary/aromatic N) is 1. The Morgan fingerprint density at radius 1 is 1.50 bits per heavy atom. The van der Waals surface area contributed by atoms with Crippen molar-refractivity contribution in [2.24, 2.45) is 0 Å². The van der Waals surface area contributed by atoms with Crippen molar-refractivity contribution in [3.63, 3.8) is 0 Å². The molecule has 84 valence electrons. The van der Waals surface area contributed by atoms with Gasteiger partial charge in [0.1, 0.15) is 5.75 Å². The van der Waals surface area contributed by atoms with Gasteiger partial charge in [-0.05, 0) is 18.2 Å². The molecule has 2 rings (SSSR count). The quantitative estimate of drug-likeness (QED) is 0.614. The SMILES string of the molecule is CC(Cc1c(O)ccc2[nH]ccc12)[N+](=O)[O-]. The molecular weight excluding hydrogens is 208 g/mol. The molecule has 0 fully saturated rings. The van der Waals surface area contributed by atoms with Gasteiger partial charge >= 0.3 is 0 Å². The van der Waals surface area contributed by atoms with Crippen LogP contribution >= 0.6 is 0 Å². The lowest BCUT2D eigenvalue weighted by Crippen LogP contribution is -2.17. The van der Waals surface area contributed by atoms with E-state index in [4.69, 9.17) is 0 Å². The molecule has 5 heteroatoms. The Hall–Kier alpha value is -2.04. The van der Waals surface area contributed by atoms with Crippen LogP contribution in [-0.4, -0.2) is 21.1 Å². The number of benzene rings is 1.